The Labute approximate surface area is 172 Å². The van der Waals surface area contributed by atoms with Gasteiger partial charge in [0.1, 0.15) is 5.57 Å². The Morgan fingerprint density at radius 1 is 1.18 bits per heavy atom. The number of hydrogen-bond donors (Lipinski definition) is 1. The van der Waals surface area contributed by atoms with Gasteiger partial charge in [-0.2, -0.15) is 0 Å². The minimum absolute atomic E-state index is 0.0339. The van der Waals surface area contributed by atoms with Crippen molar-refractivity contribution in [3.05, 3.63) is 58.1 Å². The van der Waals surface area contributed by atoms with E-state index >= 15 is 0 Å². The summed E-state index contributed by atoms with van der Waals surface area (Å²) in [5.41, 5.74) is 3.87. The first-order valence-electron chi connectivity index (χ1n) is 8.91. The number of para-hydroxylation sites is 1. The van der Waals surface area contributed by atoms with Crippen molar-refractivity contribution in [3.63, 3.8) is 0 Å². The van der Waals surface area contributed by atoms with Crippen molar-refractivity contribution in [2.45, 2.75) is 26.4 Å². The molecule has 0 saturated carbocycles. The van der Waals surface area contributed by atoms with Crippen molar-refractivity contribution in [3.8, 4) is 11.5 Å². The molecule has 7 heteroatoms. The highest BCUT2D eigenvalue weighted by Gasteiger charge is 2.34. The molecule has 1 N–H and O–H groups in total. The van der Waals surface area contributed by atoms with E-state index in [1.807, 2.05) is 19.9 Å². The molecule has 0 aliphatic carbocycles. The van der Waals surface area contributed by atoms with Gasteiger partial charge in [-0.25, -0.2) is 5.01 Å². The van der Waals surface area contributed by atoms with Gasteiger partial charge in [-0.1, -0.05) is 41.1 Å². The van der Waals surface area contributed by atoms with Crippen molar-refractivity contribution in [2.75, 3.05) is 12.1 Å². The fourth-order valence-corrected chi connectivity index (χ4v) is 3.12. The van der Waals surface area contributed by atoms with E-state index in [0.717, 1.165) is 6.42 Å². The molecule has 1 saturated heterocycles. The van der Waals surface area contributed by atoms with Crippen LogP contribution in [0.4, 0.5) is 5.69 Å². The summed E-state index contributed by atoms with van der Waals surface area (Å²) in [6.45, 7) is 4.01. The fraction of sp³-hybridized carbons (Fsp3) is 0.238. The first-order chi connectivity index (χ1) is 13.4. The Morgan fingerprint density at radius 3 is 2.54 bits per heavy atom. The summed E-state index contributed by atoms with van der Waals surface area (Å²) in [5.74, 6) is 0.252. The number of nitrogens with zero attached hydrogens (tertiary/aromatic N) is 1. The van der Waals surface area contributed by atoms with E-state index in [9.17, 15) is 9.59 Å². The molecule has 0 radical (unpaired) electrons. The lowest BCUT2D eigenvalue weighted by Crippen LogP contribution is -2.35. The lowest BCUT2D eigenvalue weighted by molar-refractivity contribution is -0.117. The van der Waals surface area contributed by atoms with Gasteiger partial charge in [-0.3, -0.25) is 15.0 Å². The minimum Gasteiger partial charge on any atom is -0.493 e. The average Bonchev–Trinajstić information content (AvgIpc) is 2.98. The molecule has 2 aromatic carbocycles. The van der Waals surface area contributed by atoms with Crippen molar-refractivity contribution in [1.29, 1.82) is 0 Å². The second-order valence-electron chi connectivity index (χ2n) is 6.34. The molecule has 1 fully saturated rings. The Bertz CT molecular complexity index is 928. The summed E-state index contributed by atoms with van der Waals surface area (Å²) in [4.78, 5) is 25.1. The molecule has 2 aromatic rings. The maximum atomic E-state index is 12.7. The van der Waals surface area contributed by atoms with Crippen LogP contribution in [0.15, 0.2) is 52.5 Å². The highest BCUT2D eigenvalue weighted by atomic mass is 79.9. The third kappa shape index (κ3) is 4.04. The van der Waals surface area contributed by atoms with Crippen LogP contribution in [0.2, 0.25) is 0 Å². The van der Waals surface area contributed by atoms with E-state index in [1.165, 1.54) is 5.01 Å². The Kier molecular flexibility index (Phi) is 6.04. The van der Waals surface area contributed by atoms with Gasteiger partial charge < -0.3 is 9.47 Å². The van der Waals surface area contributed by atoms with Crippen LogP contribution in [0, 0.1) is 0 Å². The number of carbonyl (C=O) groups excluding carboxylic acids is 2. The lowest BCUT2D eigenvalue weighted by Gasteiger charge is -2.17. The smallest absolute Gasteiger partial charge is 0.282 e. The first-order valence-corrected chi connectivity index (χ1v) is 9.70. The molecule has 1 heterocycles. The zero-order valence-corrected chi connectivity index (χ0v) is 17.4. The van der Waals surface area contributed by atoms with Gasteiger partial charge in [0.25, 0.3) is 11.8 Å². The molecule has 1 atom stereocenters. The van der Waals surface area contributed by atoms with Gasteiger partial charge in [0, 0.05) is 4.47 Å². The number of hydrazine groups is 1. The largest absolute Gasteiger partial charge is 0.493 e. The van der Waals surface area contributed by atoms with E-state index in [0.29, 0.717) is 27.2 Å². The summed E-state index contributed by atoms with van der Waals surface area (Å²) in [7, 11) is 1.55. The molecule has 0 spiro atoms. The molecule has 28 heavy (non-hydrogen) atoms. The van der Waals surface area contributed by atoms with Crippen LogP contribution in [-0.4, -0.2) is 25.0 Å². The summed E-state index contributed by atoms with van der Waals surface area (Å²) in [6.07, 6.45) is 2.43. The zero-order valence-electron chi connectivity index (χ0n) is 15.9. The minimum atomic E-state index is -0.459. The fourth-order valence-electron chi connectivity index (χ4n) is 2.68. The van der Waals surface area contributed by atoms with E-state index in [1.54, 1.807) is 49.6 Å². The van der Waals surface area contributed by atoms with Crippen LogP contribution >= 0.6 is 15.9 Å². The normalized spacial score (nSPS) is 16.3. The number of ether oxygens (including phenoxy) is 2. The SMILES string of the molecule is CC[C@H](C)Oc1cc(Br)c(/C=C2/C(=O)NN(c3ccccc3)C2=O)cc1OC. The average molecular weight is 445 g/mol. The van der Waals surface area contributed by atoms with Crippen molar-refractivity contribution >= 4 is 39.5 Å². The molecule has 146 valence electrons. The van der Waals surface area contributed by atoms with Crippen LogP contribution < -0.4 is 19.9 Å². The Morgan fingerprint density at radius 2 is 1.89 bits per heavy atom. The highest BCUT2D eigenvalue weighted by molar-refractivity contribution is 9.10. The number of anilines is 1. The molecule has 0 aromatic heterocycles. The van der Waals surface area contributed by atoms with Crippen molar-refractivity contribution < 1.29 is 19.1 Å². The molecule has 0 bridgehead atoms. The number of methoxy groups -OCH3 is 1. The number of rotatable bonds is 6. The molecule has 1 aliphatic heterocycles. The van der Waals surface area contributed by atoms with Gasteiger partial charge >= 0.3 is 0 Å². The predicted molar refractivity (Wildman–Crippen MR) is 111 cm³/mol. The Hall–Kier alpha value is -2.80. The third-order valence-corrected chi connectivity index (χ3v) is 5.08. The number of amides is 2. The summed E-state index contributed by atoms with van der Waals surface area (Å²) < 4.78 is 12.0. The van der Waals surface area contributed by atoms with Gasteiger partial charge in [0.15, 0.2) is 11.5 Å². The molecular weight excluding hydrogens is 424 g/mol. The Balaban J connectivity index is 1.94. The topological polar surface area (TPSA) is 67.9 Å². The number of carbonyl (C=O) groups is 2. The van der Waals surface area contributed by atoms with Gasteiger partial charge in [-0.05, 0) is 49.2 Å². The predicted octanol–water partition coefficient (Wildman–Crippen LogP) is 4.10. The molecular formula is C21H21BrN2O4. The summed E-state index contributed by atoms with van der Waals surface area (Å²) in [5, 5.41) is 1.24. The quantitative estimate of drug-likeness (QED) is 0.537. The second-order valence-corrected chi connectivity index (χ2v) is 7.19. The van der Waals surface area contributed by atoms with E-state index in [2.05, 4.69) is 21.4 Å². The van der Waals surface area contributed by atoms with Crippen LogP contribution in [0.3, 0.4) is 0 Å². The zero-order chi connectivity index (χ0) is 20.3. The molecule has 6 nitrogen and oxygen atoms in total. The van der Waals surface area contributed by atoms with Crippen LogP contribution in [0.25, 0.3) is 6.08 Å². The highest BCUT2D eigenvalue weighted by Crippen LogP contribution is 2.36. The van der Waals surface area contributed by atoms with Gasteiger partial charge in [-0.15, -0.1) is 0 Å². The van der Waals surface area contributed by atoms with Crippen molar-refractivity contribution in [1.82, 2.24) is 5.43 Å². The molecule has 0 unspecified atom stereocenters. The standard InChI is InChI=1S/C21H21BrN2O4/c1-4-13(2)28-19-12-17(22)14(11-18(19)27-3)10-16-20(25)23-24(21(16)26)15-8-6-5-7-9-15/h5-13H,4H2,1-3H3,(H,23,25)/b16-10-/t13-/m0/s1. The van der Waals surface area contributed by atoms with Gasteiger partial charge in [0.05, 0.1) is 18.9 Å². The summed E-state index contributed by atoms with van der Waals surface area (Å²) >= 11 is 3.49. The second kappa shape index (κ2) is 8.48. The van der Waals surface area contributed by atoms with E-state index in [4.69, 9.17) is 9.47 Å². The van der Waals surface area contributed by atoms with Crippen LogP contribution in [0.1, 0.15) is 25.8 Å². The van der Waals surface area contributed by atoms with Crippen LogP contribution in [0.5, 0.6) is 11.5 Å². The van der Waals surface area contributed by atoms with E-state index in [-0.39, 0.29) is 11.7 Å². The molecule has 2 amide bonds. The maximum absolute atomic E-state index is 12.7. The first kappa shape index (κ1) is 19.9. The van der Waals surface area contributed by atoms with E-state index < -0.39 is 11.8 Å². The van der Waals surface area contributed by atoms with Crippen LogP contribution in [-0.2, 0) is 9.59 Å². The van der Waals surface area contributed by atoms with Crippen molar-refractivity contribution in [2.24, 2.45) is 0 Å². The maximum Gasteiger partial charge on any atom is 0.282 e. The number of hydrogen-bond acceptors (Lipinski definition) is 4. The lowest BCUT2D eigenvalue weighted by atomic mass is 10.1. The number of nitrogens with one attached hydrogen (secondary N) is 1. The number of halogens is 1. The number of benzene rings is 2. The van der Waals surface area contributed by atoms with Gasteiger partial charge in [0.2, 0.25) is 0 Å². The molecule has 1 aliphatic rings. The third-order valence-electron chi connectivity index (χ3n) is 4.39. The summed E-state index contributed by atoms with van der Waals surface area (Å²) in [6, 6.07) is 12.5. The molecule has 3 rings (SSSR count). The monoisotopic (exact) mass is 444 g/mol.